The second-order valence-electron chi connectivity index (χ2n) is 5.67. The number of hydrogen-bond donors (Lipinski definition) is 1. The number of pyridine rings is 1. The normalized spacial score (nSPS) is 12.5. The van der Waals surface area contributed by atoms with Crippen molar-refractivity contribution < 1.29 is 9.85 Å². The second kappa shape index (κ2) is 8.34. The molecular formula is C16H16ClN5O4. The van der Waals surface area contributed by atoms with Gasteiger partial charge in [-0.15, -0.1) is 0 Å². The van der Waals surface area contributed by atoms with E-state index in [4.69, 9.17) is 11.6 Å². The van der Waals surface area contributed by atoms with Crippen LogP contribution in [0.15, 0.2) is 41.8 Å². The van der Waals surface area contributed by atoms with Gasteiger partial charge in [-0.2, -0.15) is 5.10 Å². The van der Waals surface area contributed by atoms with Crippen LogP contribution < -0.4 is 5.43 Å². The topological polar surface area (TPSA) is 124 Å². The van der Waals surface area contributed by atoms with Crippen molar-refractivity contribution >= 4 is 34.4 Å². The lowest BCUT2D eigenvalue weighted by atomic mass is 9.98. The number of nitro groups is 2. The molecule has 0 radical (unpaired) electrons. The van der Waals surface area contributed by atoms with E-state index in [9.17, 15) is 20.2 Å². The average molecular weight is 378 g/mol. The highest BCUT2D eigenvalue weighted by atomic mass is 35.5. The summed E-state index contributed by atoms with van der Waals surface area (Å²) in [5.74, 6) is 0.0441. The van der Waals surface area contributed by atoms with Crippen molar-refractivity contribution in [2.45, 2.75) is 20.3 Å². The highest BCUT2D eigenvalue weighted by molar-refractivity contribution is 6.34. The van der Waals surface area contributed by atoms with Gasteiger partial charge in [0.15, 0.2) is 5.69 Å². The van der Waals surface area contributed by atoms with Gasteiger partial charge in [-0.1, -0.05) is 24.6 Å². The summed E-state index contributed by atoms with van der Waals surface area (Å²) in [6.07, 6.45) is 4.14. The quantitative estimate of drug-likeness (QED) is 0.437. The van der Waals surface area contributed by atoms with Crippen molar-refractivity contribution in [2.75, 3.05) is 5.43 Å². The summed E-state index contributed by atoms with van der Waals surface area (Å²) < 4.78 is 0. The minimum Gasteiger partial charge on any atom is -0.271 e. The van der Waals surface area contributed by atoms with Crippen molar-refractivity contribution in [3.8, 4) is 0 Å². The lowest BCUT2D eigenvalue weighted by Crippen LogP contribution is -2.12. The van der Waals surface area contributed by atoms with Gasteiger partial charge in [0.05, 0.1) is 20.9 Å². The Labute approximate surface area is 154 Å². The zero-order valence-electron chi connectivity index (χ0n) is 14.0. The molecule has 1 aromatic heterocycles. The van der Waals surface area contributed by atoms with Crippen molar-refractivity contribution in [3.05, 3.63) is 67.5 Å². The monoisotopic (exact) mass is 377 g/mol. The van der Waals surface area contributed by atoms with Crippen LogP contribution in [0, 0.1) is 26.1 Å². The zero-order chi connectivity index (χ0) is 19.3. The molecule has 0 aliphatic heterocycles. The summed E-state index contributed by atoms with van der Waals surface area (Å²) in [6.45, 7) is 3.73. The first-order chi connectivity index (χ1) is 12.3. The van der Waals surface area contributed by atoms with Crippen molar-refractivity contribution in [1.29, 1.82) is 0 Å². The van der Waals surface area contributed by atoms with Gasteiger partial charge in [0.25, 0.3) is 5.69 Å². The number of rotatable bonds is 7. The third-order valence-electron chi connectivity index (χ3n) is 3.78. The van der Waals surface area contributed by atoms with Crippen molar-refractivity contribution in [1.82, 2.24) is 4.98 Å². The van der Waals surface area contributed by atoms with E-state index in [0.29, 0.717) is 12.1 Å². The van der Waals surface area contributed by atoms with Gasteiger partial charge >= 0.3 is 5.69 Å². The van der Waals surface area contributed by atoms with E-state index in [0.717, 1.165) is 17.7 Å². The Morgan fingerprint density at radius 2 is 2.08 bits per heavy atom. The molecule has 0 unspecified atom stereocenters. The Morgan fingerprint density at radius 1 is 1.35 bits per heavy atom. The number of hydrogen-bond acceptors (Lipinski definition) is 7. The summed E-state index contributed by atoms with van der Waals surface area (Å²) in [7, 11) is 0. The molecule has 0 bridgehead atoms. The molecule has 2 rings (SSSR count). The molecule has 136 valence electrons. The van der Waals surface area contributed by atoms with Gasteiger partial charge in [-0.05, 0) is 30.9 Å². The molecule has 26 heavy (non-hydrogen) atoms. The zero-order valence-corrected chi connectivity index (χ0v) is 14.8. The molecule has 0 fully saturated rings. The van der Waals surface area contributed by atoms with Gasteiger partial charge in [0.1, 0.15) is 0 Å². The summed E-state index contributed by atoms with van der Waals surface area (Å²) in [6, 6.07) is 5.67. The molecule has 0 aliphatic carbocycles. The minimum absolute atomic E-state index is 0.0441. The largest absolute Gasteiger partial charge is 0.302 e. The maximum Gasteiger partial charge on any atom is 0.302 e. The molecule has 2 aromatic rings. The van der Waals surface area contributed by atoms with Gasteiger partial charge in [-0.25, -0.2) is 0 Å². The van der Waals surface area contributed by atoms with Crippen LogP contribution >= 0.6 is 11.6 Å². The number of nitrogens with zero attached hydrogens (tertiary/aromatic N) is 4. The van der Waals surface area contributed by atoms with Gasteiger partial charge in [0.2, 0.25) is 0 Å². The predicted octanol–water partition coefficient (Wildman–Crippen LogP) is 4.22. The van der Waals surface area contributed by atoms with Crippen LogP contribution in [0.1, 0.15) is 19.4 Å². The smallest absolute Gasteiger partial charge is 0.271 e. The molecular weight excluding hydrogens is 362 g/mol. The highest BCUT2D eigenvalue weighted by Gasteiger charge is 2.23. The highest BCUT2D eigenvalue weighted by Crippen LogP contribution is 2.36. The Bertz CT molecular complexity index is 857. The first kappa shape index (κ1) is 19.3. The standard InChI is InChI=1S/C16H16ClN5O4/c1-10(6-12-4-3-5-18-9-12)11(2)19-20-16-14(17)7-13(21(23)24)8-15(16)22(25)26/h3-5,7-10,20H,6H2,1-2H3/b19-11+/t10-/m0/s1. The molecule has 1 aromatic carbocycles. The molecule has 1 heterocycles. The van der Waals surface area contributed by atoms with E-state index < -0.39 is 21.2 Å². The maximum absolute atomic E-state index is 11.2. The molecule has 0 saturated carbocycles. The van der Waals surface area contributed by atoms with Crippen LogP contribution in [0.3, 0.4) is 0 Å². The molecule has 0 aliphatic rings. The number of aromatic nitrogens is 1. The van der Waals surface area contributed by atoms with E-state index >= 15 is 0 Å². The molecule has 10 heteroatoms. The number of non-ortho nitro benzene ring substituents is 1. The summed E-state index contributed by atoms with van der Waals surface area (Å²) >= 11 is 5.97. The maximum atomic E-state index is 11.2. The first-order valence-corrected chi connectivity index (χ1v) is 7.98. The van der Waals surface area contributed by atoms with E-state index in [1.165, 1.54) is 0 Å². The van der Waals surface area contributed by atoms with E-state index in [2.05, 4.69) is 15.5 Å². The summed E-state index contributed by atoms with van der Waals surface area (Å²) in [5.41, 5.74) is 3.24. The third kappa shape index (κ3) is 4.73. The van der Waals surface area contributed by atoms with E-state index in [1.54, 1.807) is 19.3 Å². The lowest BCUT2D eigenvalue weighted by molar-refractivity contribution is -0.393. The van der Waals surface area contributed by atoms with Crippen LogP contribution in [0.4, 0.5) is 17.1 Å². The van der Waals surface area contributed by atoms with Gasteiger partial charge in [-0.3, -0.25) is 30.6 Å². The Balaban J connectivity index is 2.22. The van der Waals surface area contributed by atoms with Crippen molar-refractivity contribution in [2.24, 2.45) is 11.0 Å². The average Bonchev–Trinajstić information content (AvgIpc) is 2.60. The second-order valence-corrected chi connectivity index (χ2v) is 6.07. The Kier molecular flexibility index (Phi) is 6.18. The number of nitrogens with one attached hydrogen (secondary N) is 1. The molecule has 9 nitrogen and oxygen atoms in total. The number of anilines is 1. The summed E-state index contributed by atoms with van der Waals surface area (Å²) in [4.78, 5) is 24.6. The number of hydrazone groups is 1. The fraction of sp³-hybridized carbons (Fsp3) is 0.250. The molecule has 0 saturated heterocycles. The fourth-order valence-corrected chi connectivity index (χ4v) is 2.46. The van der Waals surface area contributed by atoms with Crippen LogP contribution in [0.25, 0.3) is 0 Å². The lowest BCUT2D eigenvalue weighted by Gasteiger charge is -2.12. The van der Waals surface area contributed by atoms with E-state index in [1.807, 2.05) is 19.1 Å². The first-order valence-electron chi connectivity index (χ1n) is 7.61. The van der Waals surface area contributed by atoms with Crippen LogP contribution in [0.2, 0.25) is 5.02 Å². The predicted molar refractivity (Wildman–Crippen MR) is 98.6 cm³/mol. The minimum atomic E-state index is -0.745. The van der Waals surface area contributed by atoms with Gasteiger partial charge in [0, 0.05) is 24.2 Å². The number of halogens is 1. The SMILES string of the molecule is C/C(=N\Nc1c(Cl)cc([N+](=O)[O-])cc1[N+](=O)[O-])[C@@H](C)Cc1cccnc1. The van der Waals surface area contributed by atoms with Crippen LogP contribution in [-0.2, 0) is 6.42 Å². The van der Waals surface area contributed by atoms with Gasteiger partial charge < -0.3 is 0 Å². The molecule has 1 N–H and O–H groups in total. The molecule has 1 atom stereocenters. The Hall–Kier alpha value is -3.07. The molecule has 0 spiro atoms. The Morgan fingerprint density at radius 3 is 2.65 bits per heavy atom. The fourth-order valence-electron chi connectivity index (χ4n) is 2.21. The number of benzene rings is 1. The number of nitro benzene ring substituents is 2. The van der Waals surface area contributed by atoms with Crippen molar-refractivity contribution in [3.63, 3.8) is 0 Å². The summed E-state index contributed by atoms with van der Waals surface area (Å²) in [5, 5.41) is 26.0. The van der Waals surface area contributed by atoms with Crippen LogP contribution in [0.5, 0.6) is 0 Å². The molecule has 0 amide bonds. The van der Waals surface area contributed by atoms with E-state index in [-0.39, 0.29) is 16.6 Å². The third-order valence-corrected chi connectivity index (χ3v) is 4.08. The van der Waals surface area contributed by atoms with Crippen LogP contribution in [-0.4, -0.2) is 20.5 Å².